The minimum atomic E-state index is 0.265. The summed E-state index contributed by atoms with van der Waals surface area (Å²) in [7, 11) is 0. The second kappa shape index (κ2) is 5.58. The highest BCUT2D eigenvalue weighted by atomic mass is 16.5. The van der Waals surface area contributed by atoms with Crippen LogP contribution in [-0.4, -0.2) is 37.5 Å². The van der Waals surface area contributed by atoms with Crippen molar-refractivity contribution in [2.45, 2.75) is 26.3 Å². The Morgan fingerprint density at radius 2 is 2.31 bits per heavy atom. The van der Waals surface area contributed by atoms with E-state index in [1.807, 2.05) is 6.92 Å². The largest absolute Gasteiger partial charge is 0.396 e. The molecule has 0 bridgehead atoms. The van der Waals surface area contributed by atoms with E-state index < -0.39 is 0 Å². The van der Waals surface area contributed by atoms with Crippen molar-refractivity contribution in [1.29, 1.82) is 0 Å². The van der Waals surface area contributed by atoms with Gasteiger partial charge in [-0.05, 0) is 25.2 Å². The van der Waals surface area contributed by atoms with E-state index in [4.69, 9.17) is 9.84 Å². The summed E-state index contributed by atoms with van der Waals surface area (Å²) in [4.78, 5) is 0. The lowest BCUT2D eigenvalue weighted by Gasteiger charge is -2.20. The molecule has 3 unspecified atom stereocenters. The fourth-order valence-corrected chi connectivity index (χ4v) is 1.57. The molecule has 0 aromatic heterocycles. The van der Waals surface area contributed by atoms with E-state index in [1.54, 1.807) is 0 Å². The molecule has 0 spiro atoms. The first-order valence-corrected chi connectivity index (χ1v) is 5.16. The Morgan fingerprint density at radius 1 is 1.54 bits per heavy atom. The molecule has 0 radical (unpaired) electrons. The summed E-state index contributed by atoms with van der Waals surface area (Å²) in [5.74, 6) is 1.01. The van der Waals surface area contributed by atoms with Gasteiger partial charge in [0.1, 0.15) is 0 Å². The third-order valence-corrected chi connectivity index (χ3v) is 2.77. The van der Waals surface area contributed by atoms with Crippen molar-refractivity contribution >= 4 is 0 Å². The van der Waals surface area contributed by atoms with Crippen molar-refractivity contribution in [3.05, 3.63) is 0 Å². The lowest BCUT2D eigenvalue weighted by atomic mass is 10.0. The van der Waals surface area contributed by atoms with Gasteiger partial charge < -0.3 is 15.2 Å². The van der Waals surface area contributed by atoms with Gasteiger partial charge in [-0.3, -0.25) is 0 Å². The molecule has 1 fully saturated rings. The average molecular weight is 187 g/mol. The molecule has 3 atom stereocenters. The van der Waals surface area contributed by atoms with Crippen LogP contribution in [0.5, 0.6) is 0 Å². The molecule has 0 aromatic carbocycles. The van der Waals surface area contributed by atoms with Crippen LogP contribution in [-0.2, 0) is 4.74 Å². The Hall–Kier alpha value is -0.120. The van der Waals surface area contributed by atoms with Crippen LogP contribution in [0.1, 0.15) is 20.3 Å². The molecule has 2 N–H and O–H groups in total. The van der Waals surface area contributed by atoms with E-state index in [9.17, 15) is 0 Å². The van der Waals surface area contributed by atoms with Gasteiger partial charge in [0, 0.05) is 25.8 Å². The minimum Gasteiger partial charge on any atom is -0.396 e. The SMILES string of the molecule is CC(CO)CNC(C)C1CCOC1. The smallest absolute Gasteiger partial charge is 0.0509 e. The maximum Gasteiger partial charge on any atom is 0.0509 e. The summed E-state index contributed by atoms with van der Waals surface area (Å²) in [6.07, 6.45) is 1.17. The number of hydrogen-bond donors (Lipinski definition) is 2. The Balaban J connectivity index is 2.12. The first-order chi connectivity index (χ1) is 6.24. The quantitative estimate of drug-likeness (QED) is 0.663. The molecular weight excluding hydrogens is 166 g/mol. The highest BCUT2D eigenvalue weighted by Crippen LogP contribution is 2.16. The van der Waals surface area contributed by atoms with Crippen molar-refractivity contribution in [2.75, 3.05) is 26.4 Å². The second-order valence-corrected chi connectivity index (χ2v) is 4.11. The van der Waals surface area contributed by atoms with Crippen LogP contribution in [0.4, 0.5) is 0 Å². The van der Waals surface area contributed by atoms with Gasteiger partial charge in [-0.1, -0.05) is 6.92 Å². The van der Waals surface area contributed by atoms with Crippen LogP contribution in [0.3, 0.4) is 0 Å². The maximum atomic E-state index is 8.85. The van der Waals surface area contributed by atoms with Crippen LogP contribution < -0.4 is 5.32 Å². The molecule has 1 aliphatic heterocycles. The van der Waals surface area contributed by atoms with Gasteiger partial charge in [0.05, 0.1) is 6.61 Å². The molecule has 1 heterocycles. The minimum absolute atomic E-state index is 0.265. The molecule has 3 heteroatoms. The molecule has 13 heavy (non-hydrogen) atoms. The fourth-order valence-electron chi connectivity index (χ4n) is 1.57. The molecule has 0 aromatic rings. The number of aliphatic hydroxyl groups is 1. The third-order valence-electron chi connectivity index (χ3n) is 2.77. The van der Waals surface area contributed by atoms with Crippen LogP contribution in [0.2, 0.25) is 0 Å². The van der Waals surface area contributed by atoms with Crippen molar-refractivity contribution in [3.8, 4) is 0 Å². The number of ether oxygens (including phenoxy) is 1. The van der Waals surface area contributed by atoms with Gasteiger partial charge in [0.2, 0.25) is 0 Å². The summed E-state index contributed by atoms with van der Waals surface area (Å²) in [6.45, 7) is 7.21. The summed E-state index contributed by atoms with van der Waals surface area (Å²) in [5.41, 5.74) is 0. The summed E-state index contributed by atoms with van der Waals surface area (Å²) < 4.78 is 5.32. The van der Waals surface area contributed by atoms with Gasteiger partial charge in [0.25, 0.3) is 0 Å². The zero-order chi connectivity index (χ0) is 9.68. The van der Waals surface area contributed by atoms with Crippen molar-refractivity contribution < 1.29 is 9.84 Å². The maximum absolute atomic E-state index is 8.85. The Labute approximate surface area is 80.5 Å². The van der Waals surface area contributed by atoms with Gasteiger partial charge in [-0.2, -0.15) is 0 Å². The number of aliphatic hydroxyl groups excluding tert-OH is 1. The highest BCUT2D eigenvalue weighted by Gasteiger charge is 2.21. The summed E-state index contributed by atoms with van der Waals surface area (Å²) >= 11 is 0. The lowest BCUT2D eigenvalue weighted by Crippen LogP contribution is -2.37. The van der Waals surface area contributed by atoms with Crippen LogP contribution in [0, 0.1) is 11.8 Å². The van der Waals surface area contributed by atoms with Crippen LogP contribution >= 0.6 is 0 Å². The molecule has 0 aliphatic carbocycles. The molecular formula is C10H21NO2. The standard InChI is InChI=1S/C10H21NO2/c1-8(6-12)5-11-9(2)10-3-4-13-7-10/h8-12H,3-7H2,1-2H3. The molecule has 1 saturated heterocycles. The van der Waals surface area contributed by atoms with E-state index in [1.165, 1.54) is 6.42 Å². The number of nitrogens with one attached hydrogen (secondary N) is 1. The highest BCUT2D eigenvalue weighted by molar-refractivity contribution is 4.76. The predicted molar refractivity (Wildman–Crippen MR) is 52.6 cm³/mol. The van der Waals surface area contributed by atoms with Crippen molar-refractivity contribution in [2.24, 2.45) is 11.8 Å². The lowest BCUT2D eigenvalue weighted by molar-refractivity contribution is 0.175. The monoisotopic (exact) mass is 187 g/mol. The zero-order valence-corrected chi connectivity index (χ0v) is 8.62. The molecule has 0 amide bonds. The Kier molecular flexibility index (Phi) is 4.70. The van der Waals surface area contributed by atoms with Gasteiger partial charge >= 0.3 is 0 Å². The number of hydrogen-bond acceptors (Lipinski definition) is 3. The molecule has 1 rings (SSSR count). The number of rotatable bonds is 5. The van der Waals surface area contributed by atoms with Crippen molar-refractivity contribution in [1.82, 2.24) is 5.32 Å². The van der Waals surface area contributed by atoms with E-state index in [-0.39, 0.29) is 6.61 Å². The van der Waals surface area contributed by atoms with Gasteiger partial charge in [-0.15, -0.1) is 0 Å². The van der Waals surface area contributed by atoms with E-state index in [0.717, 1.165) is 19.8 Å². The van der Waals surface area contributed by atoms with E-state index in [0.29, 0.717) is 17.9 Å². The summed E-state index contributed by atoms with van der Waals surface area (Å²) in [6, 6.07) is 0.511. The third kappa shape index (κ3) is 3.63. The molecule has 1 aliphatic rings. The van der Waals surface area contributed by atoms with E-state index in [2.05, 4.69) is 12.2 Å². The Bertz CT molecular complexity index is 135. The topological polar surface area (TPSA) is 41.5 Å². The van der Waals surface area contributed by atoms with Crippen LogP contribution in [0.25, 0.3) is 0 Å². The second-order valence-electron chi connectivity index (χ2n) is 4.11. The molecule has 78 valence electrons. The Morgan fingerprint density at radius 3 is 2.85 bits per heavy atom. The first kappa shape index (κ1) is 11.0. The average Bonchev–Trinajstić information content (AvgIpc) is 2.66. The summed E-state index contributed by atoms with van der Waals surface area (Å²) in [5, 5.41) is 12.3. The van der Waals surface area contributed by atoms with E-state index >= 15 is 0 Å². The molecule has 3 nitrogen and oxygen atoms in total. The van der Waals surface area contributed by atoms with Gasteiger partial charge in [-0.25, -0.2) is 0 Å². The first-order valence-electron chi connectivity index (χ1n) is 5.16. The predicted octanol–water partition coefficient (Wildman–Crippen LogP) is 0.629. The molecule has 0 saturated carbocycles. The normalized spacial score (nSPS) is 27.5. The van der Waals surface area contributed by atoms with Crippen molar-refractivity contribution in [3.63, 3.8) is 0 Å². The van der Waals surface area contributed by atoms with Crippen LogP contribution in [0.15, 0.2) is 0 Å². The zero-order valence-electron chi connectivity index (χ0n) is 8.62. The van der Waals surface area contributed by atoms with Gasteiger partial charge in [0.15, 0.2) is 0 Å². The fraction of sp³-hybridized carbons (Fsp3) is 1.00.